The molecule has 0 spiro atoms. The van der Waals surface area contributed by atoms with Crippen LogP contribution in [0.4, 0.5) is 0 Å². The van der Waals surface area contributed by atoms with Gasteiger partial charge in [-0.15, -0.1) is 0 Å². The Morgan fingerprint density at radius 2 is 1.80 bits per heavy atom. The van der Waals surface area contributed by atoms with Gasteiger partial charge in [-0.1, -0.05) is 18.2 Å². The molecule has 8 nitrogen and oxygen atoms in total. The molecule has 1 amide bonds. The van der Waals surface area contributed by atoms with E-state index in [0.29, 0.717) is 11.3 Å². The Kier molecular flexibility index (Phi) is 6.49. The van der Waals surface area contributed by atoms with Crippen LogP contribution in [0.25, 0.3) is 0 Å². The van der Waals surface area contributed by atoms with Gasteiger partial charge in [0, 0.05) is 17.2 Å². The average Bonchev–Trinajstić information content (AvgIpc) is 3.05. The number of hydrogen-bond acceptors (Lipinski definition) is 6. The summed E-state index contributed by atoms with van der Waals surface area (Å²) >= 11 is 0. The normalized spacial score (nSPS) is 19.2. The Morgan fingerprint density at radius 3 is 2.40 bits per heavy atom. The van der Waals surface area contributed by atoms with Crippen molar-refractivity contribution in [2.24, 2.45) is 0 Å². The van der Waals surface area contributed by atoms with Gasteiger partial charge in [-0.2, -0.15) is 0 Å². The molecule has 0 aromatic heterocycles. The van der Waals surface area contributed by atoms with Gasteiger partial charge in [-0.3, -0.25) is 4.79 Å². The van der Waals surface area contributed by atoms with Crippen molar-refractivity contribution >= 4 is 25.8 Å². The number of carbonyl (C=O) groups is 1. The summed E-state index contributed by atoms with van der Waals surface area (Å²) in [4.78, 5) is 12.5. The summed E-state index contributed by atoms with van der Waals surface area (Å²) < 4.78 is 55.8. The van der Waals surface area contributed by atoms with Crippen LogP contribution in [-0.2, 0) is 19.9 Å². The van der Waals surface area contributed by atoms with Crippen LogP contribution in [-0.4, -0.2) is 47.4 Å². The number of sulfonamides is 1. The SMILES string of the molecule is COc1ccccc1C(C)NC(=O)c1ccc(S(=O)(=O)NC2CCS(=O)(=O)C2)cc1. The van der Waals surface area contributed by atoms with Gasteiger partial charge in [0.05, 0.1) is 29.6 Å². The fourth-order valence-electron chi connectivity index (χ4n) is 3.34. The van der Waals surface area contributed by atoms with Crippen molar-refractivity contribution in [3.05, 3.63) is 59.7 Å². The van der Waals surface area contributed by atoms with E-state index in [-0.39, 0.29) is 34.8 Å². The minimum absolute atomic E-state index is 0.0241. The molecule has 0 aliphatic carbocycles. The summed E-state index contributed by atoms with van der Waals surface area (Å²) in [6.45, 7) is 1.83. The minimum atomic E-state index is -3.87. The molecule has 30 heavy (non-hydrogen) atoms. The van der Waals surface area contributed by atoms with Crippen molar-refractivity contribution in [3.63, 3.8) is 0 Å². The number of ether oxygens (including phenoxy) is 1. The highest BCUT2D eigenvalue weighted by Crippen LogP contribution is 2.24. The van der Waals surface area contributed by atoms with Crippen molar-refractivity contribution in [1.82, 2.24) is 10.0 Å². The zero-order valence-electron chi connectivity index (χ0n) is 16.7. The van der Waals surface area contributed by atoms with Gasteiger partial charge in [0.1, 0.15) is 5.75 Å². The quantitative estimate of drug-likeness (QED) is 0.659. The molecular weight excluding hydrogens is 428 g/mol. The van der Waals surface area contributed by atoms with E-state index >= 15 is 0 Å². The Bertz CT molecular complexity index is 1130. The highest BCUT2D eigenvalue weighted by atomic mass is 32.2. The Balaban J connectivity index is 1.68. The summed E-state index contributed by atoms with van der Waals surface area (Å²) in [5.74, 6) is 0.0796. The van der Waals surface area contributed by atoms with E-state index in [9.17, 15) is 21.6 Å². The second kappa shape index (κ2) is 8.75. The Hall–Kier alpha value is -2.43. The molecule has 162 valence electrons. The predicted octanol–water partition coefficient (Wildman–Crippen LogP) is 1.65. The van der Waals surface area contributed by atoms with E-state index in [0.717, 1.165) is 5.56 Å². The number of sulfone groups is 1. The van der Waals surface area contributed by atoms with Crippen LogP contribution in [0.15, 0.2) is 53.4 Å². The van der Waals surface area contributed by atoms with Crippen LogP contribution >= 0.6 is 0 Å². The van der Waals surface area contributed by atoms with Crippen molar-refractivity contribution in [3.8, 4) is 5.75 Å². The molecule has 2 N–H and O–H groups in total. The van der Waals surface area contributed by atoms with Crippen LogP contribution in [0.5, 0.6) is 5.75 Å². The monoisotopic (exact) mass is 452 g/mol. The largest absolute Gasteiger partial charge is 0.496 e. The molecule has 2 aromatic rings. The van der Waals surface area contributed by atoms with E-state index in [1.165, 1.54) is 24.3 Å². The Labute approximate surface area is 176 Å². The van der Waals surface area contributed by atoms with E-state index < -0.39 is 25.9 Å². The molecular formula is C20H24N2O6S2. The standard InChI is InChI=1S/C20H24N2O6S2/c1-14(18-5-3-4-6-19(18)28-2)21-20(23)15-7-9-17(10-8-15)30(26,27)22-16-11-12-29(24,25)13-16/h3-10,14,16,22H,11-13H2,1-2H3,(H,21,23). The van der Waals surface area contributed by atoms with Crippen LogP contribution in [0.1, 0.15) is 35.3 Å². The molecule has 3 rings (SSSR count). The second-order valence-corrected chi connectivity index (χ2v) is 11.1. The lowest BCUT2D eigenvalue weighted by Crippen LogP contribution is -2.35. The van der Waals surface area contributed by atoms with Crippen LogP contribution in [0, 0.1) is 0 Å². The molecule has 0 bridgehead atoms. The highest BCUT2D eigenvalue weighted by molar-refractivity contribution is 7.92. The molecule has 1 aliphatic heterocycles. The number of hydrogen-bond donors (Lipinski definition) is 2. The summed E-state index contributed by atoms with van der Waals surface area (Å²) in [6, 6.07) is 11.9. The minimum Gasteiger partial charge on any atom is -0.496 e. The van der Waals surface area contributed by atoms with Gasteiger partial charge >= 0.3 is 0 Å². The molecule has 2 aromatic carbocycles. The predicted molar refractivity (Wildman–Crippen MR) is 113 cm³/mol. The number of methoxy groups -OCH3 is 1. The molecule has 1 aliphatic rings. The van der Waals surface area contributed by atoms with Gasteiger partial charge in [0.15, 0.2) is 9.84 Å². The fraction of sp³-hybridized carbons (Fsp3) is 0.350. The maximum Gasteiger partial charge on any atom is 0.251 e. The van der Waals surface area contributed by atoms with Gasteiger partial charge < -0.3 is 10.1 Å². The Morgan fingerprint density at radius 1 is 1.13 bits per heavy atom. The van der Waals surface area contributed by atoms with E-state index in [1.807, 2.05) is 25.1 Å². The second-order valence-electron chi connectivity index (χ2n) is 7.18. The zero-order valence-corrected chi connectivity index (χ0v) is 18.3. The van der Waals surface area contributed by atoms with Crippen LogP contribution in [0.2, 0.25) is 0 Å². The number of benzene rings is 2. The van der Waals surface area contributed by atoms with Gasteiger partial charge in [-0.05, 0) is 43.7 Å². The first-order chi connectivity index (χ1) is 14.1. The maximum absolute atomic E-state index is 12.6. The molecule has 10 heteroatoms. The van der Waals surface area contributed by atoms with E-state index in [2.05, 4.69) is 10.0 Å². The number of rotatable bonds is 7. The lowest BCUT2D eigenvalue weighted by Gasteiger charge is -2.17. The van der Waals surface area contributed by atoms with Crippen molar-refractivity contribution in [1.29, 1.82) is 0 Å². The summed E-state index contributed by atoms with van der Waals surface area (Å²) in [5.41, 5.74) is 1.13. The third-order valence-corrected chi connectivity index (χ3v) is 8.24. The lowest BCUT2D eigenvalue weighted by molar-refractivity contribution is 0.0939. The fourth-order valence-corrected chi connectivity index (χ4v) is 6.39. The van der Waals surface area contributed by atoms with Gasteiger partial charge in [0.25, 0.3) is 5.91 Å². The first-order valence-corrected chi connectivity index (χ1v) is 12.7. The molecule has 0 saturated carbocycles. The van der Waals surface area contributed by atoms with Crippen molar-refractivity contribution in [2.45, 2.75) is 30.3 Å². The van der Waals surface area contributed by atoms with Gasteiger partial charge in [0.2, 0.25) is 10.0 Å². The van der Waals surface area contributed by atoms with Crippen molar-refractivity contribution in [2.75, 3.05) is 18.6 Å². The molecule has 2 atom stereocenters. The topological polar surface area (TPSA) is 119 Å². The third kappa shape index (κ3) is 5.18. The van der Waals surface area contributed by atoms with Gasteiger partial charge in [-0.25, -0.2) is 21.6 Å². The number of nitrogens with one attached hydrogen (secondary N) is 2. The van der Waals surface area contributed by atoms with Crippen LogP contribution < -0.4 is 14.8 Å². The smallest absolute Gasteiger partial charge is 0.251 e. The summed E-state index contributed by atoms with van der Waals surface area (Å²) in [7, 11) is -5.51. The number of para-hydroxylation sites is 1. The first-order valence-electron chi connectivity index (χ1n) is 9.38. The summed E-state index contributed by atoms with van der Waals surface area (Å²) in [5, 5.41) is 2.86. The van der Waals surface area contributed by atoms with E-state index in [1.54, 1.807) is 13.2 Å². The summed E-state index contributed by atoms with van der Waals surface area (Å²) in [6.07, 6.45) is 0.253. The first kappa shape index (κ1) is 22.3. The van der Waals surface area contributed by atoms with Crippen molar-refractivity contribution < 1.29 is 26.4 Å². The van der Waals surface area contributed by atoms with E-state index in [4.69, 9.17) is 4.74 Å². The lowest BCUT2D eigenvalue weighted by atomic mass is 10.1. The average molecular weight is 453 g/mol. The zero-order chi connectivity index (χ0) is 21.9. The molecule has 0 radical (unpaired) electrons. The third-order valence-electron chi connectivity index (χ3n) is 4.93. The molecule has 2 unspecified atom stereocenters. The molecule has 1 saturated heterocycles. The van der Waals surface area contributed by atoms with Crippen LogP contribution in [0.3, 0.4) is 0 Å². The molecule has 1 heterocycles. The molecule has 1 fully saturated rings. The maximum atomic E-state index is 12.6. The number of amides is 1. The highest BCUT2D eigenvalue weighted by Gasteiger charge is 2.31. The number of carbonyl (C=O) groups excluding carboxylic acids is 1.